The maximum absolute atomic E-state index is 12.9. The van der Waals surface area contributed by atoms with Gasteiger partial charge < -0.3 is 15.4 Å². The van der Waals surface area contributed by atoms with Gasteiger partial charge in [-0.3, -0.25) is 9.59 Å². The smallest absolute Gasteiger partial charge is 0.254 e. The number of nitrogens with two attached hydrogens (primary N) is 1. The standard InChI is InChI=1S/C19H20N2O3/c1-24-17-10-3-2-8-15(17)16-9-5-11-21(16)19(23)14-7-4-6-13(12-14)18(20)22/h2-4,6-8,10,12,16H,5,9,11H2,1H3,(H2,20,22). The van der Waals surface area contributed by atoms with Gasteiger partial charge in [0.2, 0.25) is 5.91 Å². The molecular formula is C19H20N2O3. The summed E-state index contributed by atoms with van der Waals surface area (Å²) in [5.74, 6) is 0.159. The molecule has 2 aromatic carbocycles. The first-order chi connectivity index (χ1) is 11.6. The molecule has 5 heteroatoms. The predicted octanol–water partition coefficient (Wildman–Crippen LogP) is 2.77. The van der Waals surface area contributed by atoms with Crippen LogP contribution in [0.4, 0.5) is 0 Å². The van der Waals surface area contributed by atoms with Gasteiger partial charge in [0.15, 0.2) is 0 Å². The van der Waals surface area contributed by atoms with Crippen LogP contribution in [0.15, 0.2) is 48.5 Å². The van der Waals surface area contributed by atoms with Crippen LogP contribution in [0.3, 0.4) is 0 Å². The fourth-order valence-electron chi connectivity index (χ4n) is 3.25. The first kappa shape index (κ1) is 16.1. The quantitative estimate of drug-likeness (QED) is 0.940. The molecule has 0 aliphatic carbocycles. The molecule has 0 bridgehead atoms. The van der Waals surface area contributed by atoms with Crippen LogP contribution < -0.4 is 10.5 Å². The highest BCUT2D eigenvalue weighted by molar-refractivity contribution is 5.99. The SMILES string of the molecule is COc1ccccc1C1CCCN1C(=O)c1cccc(C(N)=O)c1. The maximum Gasteiger partial charge on any atom is 0.254 e. The fourth-order valence-corrected chi connectivity index (χ4v) is 3.25. The van der Waals surface area contributed by atoms with Gasteiger partial charge in [-0.25, -0.2) is 0 Å². The molecule has 5 nitrogen and oxygen atoms in total. The average Bonchev–Trinajstić information content (AvgIpc) is 3.10. The highest BCUT2D eigenvalue weighted by atomic mass is 16.5. The molecule has 1 fully saturated rings. The van der Waals surface area contributed by atoms with E-state index in [1.807, 2.05) is 29.2 Å². The van der Waals surface area contributed by atoms with E-state index in [2.05, 4.69) is 0 Å². The van der Waals surface area contributed by atoms with Gasteiger partial charge in [-0.1, -0.05) is 24.3 Å². The molecule has 2 N–H and O–H groups in total. The Morgan fingerprint density at radius 3 is 2.62 bits per heavy atom. The van der Waals surface area contributed by atoms with Crippen LogP contribution >= 0.6 is 0 Å². The van der Waals surface area contributed by atoms with Crippen molar-refractivity contribution in [2.75, 3.05) is 13.7 Å². The van der Waals surface area contributed by atoms with Crippen molar-refractivity contribution in [3.05, 3.63) is 65.2 Å². The third kappa shape index (κ3) is 2.97. The van der Waals surface area contributed by atoms with Crippen molar-refractivity contribution in [3.63, 3.8) is 0 Å². The minimum absolute atomic E-state index is 0.0223. The number of para-hydroxylation sites is 1. The van der Waals surface area contributed by atoms with Crippen molar-refractivity contribution in [1.29, 1.82) is 0 Å². The van der Waals surface area contributed by atoms with Crippen LogP contribution in [0.1, 0.15) is 45.2 Å². The summed E-state index contributed by atoms with van der Waals surface area (Å²) >= 11 is 0. The number of nitrogens with zero attached hydrogens (tertiary/aromatic N) is 1. The molecule has 1 aliphatic heterocycles. The molecule has 2 aromatic rings. The number of carbonyl (C=O) groups is 2. The fraction of sp³-hybridized carbons (Fsp3) is 0.263. The minimum atomic E-state index is -0.535. The van der Waals surface area contributed by atoms with Crippen LogP contribution in [-0.2, 0) is 0 Å². The largest absolute Gasteiger partial charge is 0.496 e. The molecule has 0 radical (unpaired) electrons. The van der Waals surface area contributed by atoms with E-state index in [0.717, 1.165) is 24.2 Å². The molecule has 0 spiro atoms. The van der Waals surface area contributed by atoms with Crippen LogP contribution in [0.2, 0.25) is 0 Å². The third-order valence-corrected chi connectivity index (χ3v) is 4.41. The summed E-state index contributed by atoms with van der Waals surface area (Å²) in [6.07, 6.45) is 1.82. The number of ether oxygens (including phenoxy) is 1. The van der Waals surface area contributed by atoms with E-state index < -0.39 is 5.91 Å². The van der Waals surface area contributed by atoms with Crippen molar-refractivity contribution >= 4 is 11.8 Å². The average molecular weight is 324 g/mol. The number of methoxy groups -OCH3 is 1. The van der Waals surface area contributed by atoms with Crippen LogP contribution in [0.5, 0.6) is 5.75 Å². The summed E-state index contributed by atoms with van der Waals surface area (Å²) in [5.41, 5.74) is 7.14. The zero-order valence-electron chi connectivity index (χ0n) is 13.6. The number of hydrogen-bond donors (Lipinski definition) is 1. The van der Waals surface area contributed by atoms with Gasteiger partial charge in [0.1, 0.15) is 5.75 Å². The second-order valence-corrected chi connectivity index (χ2v) is 5.84. The Morgan fingerprint density at radius 2 is 1.88 bits per heavy atom. The van der Waals surface area contributed by atoms with E-state index in [9.17, 15) is 9.59 Å². The molecule has 1 unspecified atom stereocenters. The lowest BCUT2D eigenvalue weighted by molar-refractivity contribution is 0.0734. The van der Waals surface area contributed by atoms with Crippen molar-refractivity contribution in [2.45, 2.75) is 18.9 Å². The second kappa shape index (κ2) is 6.74. The molecule has 0 saturated carbocycles. The van der Waals surface area contributed by atoms with Crippen molar-refractivity contribution in [2.24, 2.45) is 5.73 Å². The van der Waals surface area contributed by atoms with E-state index in [-0.39, 0.29) is 11.9 Å². The van der Waals surface area contributed by atoms with Crippen LogP contribution in [-0.4, -0.2) is 30.4 Å². The van der Waals surface area contributed by atoms with E-state index in [4.69, 9.17) is 10.5 Å². The van der Waals surface area contributed by atoms with E-state index in [0.29, 0.717) is 17.7 Å². The van der Waals surface area contributed by atoms with E-state index in [1.165, 1.54) is 0 Å². The van der Waals surface area contributed by atoms with Gasteiger partial charge in [-0.15, -0.1) is 0 Å². The summed E-state index contributed by atoms with van der Waals surface area (Å²) in [6.45, 7) is 0.683. The third-order valence-electron chi connectivity index (χ3n) is 4.41. The number of benzene rings is 2. The molecule has 3 rings (SSSR count). The molecule has 0 aromatic heterocycles. The van der Waals surface area contributed by atoms with Gasteiger partial charge in [0.05, 0.1) is 13.2 Å². The molecule has 124 valence electrons. The number of hydrogen-bond acceptors (Lipinski definition) is 3. The van der Waals surface area contributed by atoms with Crippen molar-refractivity contribution in [1.82, 2.24) is 4.90 Å². The minimum Gasteiger partial charge on any atom is -0.496 e. The van der Waals surface area contributed by atoms with Crippen molar-refractivity contribution in [3.8, 4) is 5.75 Å². The molecule has 2 amide bonds. The highest BCUT2D eigenvalue weighted by Gasteiger charge is 2.32. The molecular weight excluding hydrogens is 304 g/mol. The van der Waals surface area contributed by atoms with Crippen molar-refractivity contribution < 1.29 is 14.3 Å². The Morgan fingerprint density at radius 1 is 1.12 bits per heavy atom. The first-order valence-corrected chi connectivity index (χ1v) is 7.95. The summed E-state index contributed by atoms with van der Waals surface area (Å²) < 4.78 is 5.44. The Balaban J connectivity index is 1.92. The molecule has 1 atom stereocenters. The summed E-state index contributed by atoms with van der Waals surface area (Å²) in [4.78, 5) is 26.1. The first-order valence-electron chi connectivity index (χ1n) is 7.95. The van der Waals surface area contributed by atoms with Gasteiger partial charge in [0.25, 0.3) is 5.91 Å². The topological polar surface area (TPSA) is 72.6 Å². The zero-order chi connectivity index (χ0) is 17.1. The van der Waals surface area contributed by atoms with Gasteiger partial charge in [-0.2, -0.15) is 0 Å². The monoisotopic (exact) mass is 324 g/mol. The lowest BCUT2D eigenvalue weighted by atomic mass is 10.0. The molecule has 1 heterocycles. The number of primary amides is 1. The summed E-state index contributed by atoms with van der Waals surface area (Å²) in [7, 11) is 1.64. The summed E-state index contributed by atoms with van der Waals surface area (Å²) in [5, 5.41) is 0. The zero-order valence-corrected chi connectivity index (χ0v) is 13.6. The molecule has 1 saturated heterocycles. The Hall–Kier alpha value is -2.82. The lowest BCUT2D eigenvalue weighted by Crippen LogP contribution is -2.31. The number of amides is 2. The van der Waals surface area contributed by atoms with Crippen LogP contribution in [0, 0.1) is 0 Å². The number of carbonyl (C=O) groups excluding carboxylic acids is 2. The van der Waals surface area contributed by atoms with Gasteiger partial charge in [-0.05, 0) is 37.1 Å². The summed E-state index contributed by atoms with van der Waals surface area (Å²) in [6, 6.07) is 14.3. The predicted molar refractivity (Wildman–Crippen MR) is 91.0 cm³/mol. The number of rotatable bonds is 4. The van der Waals surface area contributed by atoms with Gasteiger partial charge in [0, 0.05) is 23.2 Å². The van der Waals surface area contributed by atoms with E-state index >= 15 is 0 Å². The molecule has 1 aliphatic rings. The maximum atomic E-state index is 12.9. The lowest BCUT2D eigenvalue weighted by Gasteiger charge is -2.26. The van der Waals surface area contributed by atoms with Gasteiger partial charge >= 0.3 is 0 Å². The normalized spacial score (nSPS) is 16.9. The highest BCUT2D eigenvalue weighted by Crippen LogP contribution is 2.37. The Labute approximate surface area is 141 Å². The molecule has 24 heavy (non-hydrogen) atoms. The number of likely N-dealkylation sites (tertiary alicyclic amines) is 1. The van der Waals surface area contributed by atoms with Crippen LogP contribution in [0.25, 0.3) is 0 Å². The van der Waals surface area contributed by atoms with E-state index in [1.54, 1.807) is 31.4 Å². The Bertz CT molecular complexity index is 773. The Kier molecular flexibility index (Phi) is 4.51. The second-order valence-electron chi connectivity index (χ2n) is 5.84.